The van der Waals surface area contributed by atoms with Gasteiger partial charge in [0, 0.05) is 16.2 Å². The van der Waals surface area contributed by atoms with Crippen LogP contribution in [0.25, 0.3) is 10.9 Å². The molecule has 0 amide bonds. The Balaban J connectivity index is 2.55. The zero-order valence-electron chi connectivity index (χ0n) is 7.83. The Labute approximate surface area is 90.7 Å². The smallest absolute Gasteiger partial charge is 0.149 e. The van der Waals surface area contributed by atoms with Crippen molar-refractivity contribution in [2.24, 2.45) is 0 Å². The van der Waals surface area contributed by atoms with Gasteiger partial charge in [0.1, 0.15) is 5.78 Å². The third-order valence-corrected chi connectivity index (χ3v) is 2.62. The molecule has 0 spiro atoms. The van der Waals surface area contributed by atoms with E-state index in [0.29, 0.717) is 6.54 Å². The molecule has 0 unspecified atom stereocenters. The van der Waals surface area contributed by atoms with E-state index in [0.717, 1.165) is 15.4 Å². The lowest BCUT2D eigenvalue weighted by atomic mass is 10.2. The first-order valence-electron chi connectivity index (χ1n) is 4.40. The van der Waals surface area contributed by atoms with Gasteiger partial charge in [-0.25, -0.2) is 0 Å². The first kappa shape index (κ1) is 9.46. The van der Waals surface area contributed by atoms with Crippen LogP contribution >= 0.6 is 15.9 Å². The second-order valence-corrected chi connectivity index (χ2v) is 4.26. The quantitative estimate of drug-likeness (QED) is 0.805. The van der Waals surface area contributed by atoms with Gasteiger partial charge in [0.05, 0.1) is 6.54 Å². The summed E-state index contributed by atoms with van der Waals surface area (Å²) in [4.78, 5) is 11.0. The number of rotatable bonds is 2. The largest absolute Gasteiger partial charge is 0.340 e. The fourth-order valence-electron chi connectivity index (χ4n) is 1.53. The Morgan fingerprint density at radius 1 is 1.43 bits per heavy atom. The molecule has 1 aromatic heterocycles. The number of fused-ring (bicyclic) bond motifs is 1. The number of nitrogens with zero attached hydrogens (tertiary/aromatic N) is 1. The third-order valence-electron chi connectivity index (χ3n) is 2.13. The van der Waals surface area contributed by atoms with Crippen molar-refractivity contribution in [1.29, 1.82) is 0 Å². The SMILES string of the molecule is CC(=O)Cn1ccc2ccc(Br)cc21. The normalized spacial score (nSPS) is 10.7. The number of hydrogen-bond acceptors (Lipinski definition) is 1. The van der Waals surface area contributed by atoms with E-state index in [4.69, 9.17) is 0 Å². The summed E-state index contributed by atoms with van der Waals surface area (Å²) in [5.41, 5.74) is 1.09. The molecule has 0 atom stereocenters. The van der Waals surface area contributed by atoms with Gasteiger partial charge in [-0.3, -0.25) is 4.79 Å². The summed E-state index contributed by atoms with van der Waals surface area (Å²) in [7, 11) is 0. The average Bonchev–Trinajstić information content (AvgIpc) is 2.47. The van der Waals surface area contributed by atoms with Crippen molar-refractivity contribution in [1.82, 2.24) is 4.57 Å². The van der Waals surface area contributed by atoms with Crippen LogP contribution in [0, 0.1) is 0 Å². The molecule has 0 radical (unpaired) electrons. The monoisotopic (exact) mass is 251 g/mol. The van der Waals surface area contributed by atoms with Gasteiger partial charge < -0.3 is 4.57 Å². The molecule has 0 aliphatic rings. The molecule has 0 aliphatic heterocycles. The highest BCUT2D eigenvalue weighted by Gasteiger charge is 2.02. The van der Waals surface area contributed by atoms with E-state index in [2.05, 4.69) is 15.9 Å². The van der Waals surface area contributed by atoms with Gasteiger partial charge in [0.25, 0.3) is 0 Å². The topological polar surface area (TPSA) is 22.0 Å². The van der Waals surface area contributed by atoms with Gasteiger partial charge in [-0.15, -0.1) is 0 Å². The van der Waals surface area contributed by atoms with Crippen LogP contribution in [0.2, 0.25) is 0 Å². The second kappa shape index (κ2) is 3.58. The van der Waals surface area contributed by atoms with Crippen LogP contribution in [0.5, 0.6) is 0 Å². The molecule has 0 fully saturated rings. The highest BCUT2D eigenvalue weighted by atomic mass is 79.9. The Bertz CT molecular complexity index is 487. The molecule has 0 saturated carbocycles. The summed E-state index contributed by atoms with van der Waals surface area (Å²) >= 11 is 3.42. The number of carbonyl (C=O) groups is 1. The molecule has 0 saturated heterocycles. The van der Waals surface area contributed by atoms with Gasteiger partial charge in [-0.1, -0.05) is 22.0 Å². The highest BCUT2D eigenvalue weighted by Crippen LogP contribution is 2.20. The molecule has 1 aromatic carbocycles. The molecule has 0 aliphatic carbocycles. The number of aromatic nitrogens is 1. The Hall–Kier alpha value is -1.09. The number of hydrogen-bond donors (Lipinski definition) is 0. The predicted octanol–water partition coefficient (Wildman–Crippen LogP) is 2.99. The lowest BCUT2D eigenvalue weighted by Crippen LogP contribution is -2.04. The van der Waals surface area contributed by atoms with E-state index < -0.39 is 0 Å². The fraction of sp³-hybridized carbons (Fsp3) is 0.182. The number of Topliss-reactive ketones (excluding diaryl/α,β-unsaturated/α-hetero) is 1. The molecule has 0 bridgehead atoms. The minimum atomic E-state index is 0.169. The zero-order valence-corrected chi connectivity index (χ0v) is 9.41. The van der Waals surface area contributed by atoms with Crippen molar-refractivity contribution in [2.45, 2.75) is 13.5 Å². The molecule has 14 heavy (non-hydrogen) atoms. The first-order chi connectivity index (χ1) is 6.66. The van der Waals surface area contributed by atoms with Crippen LogP contribution in [0.4, 0.5) is 0 Å². The summed E-state index contributed by atoms with van der Waals surface area (Å²) in [6, 6.07) is 8.08. The van der Waals surface area contributed by atoms with Gasteiger partial charge in [0.15, 0.2) is 0 Å². The first-order valence-corrected chi connectivity index (χ1v) is 5.20. The summed E-state index contributed by atoms with van der Waals surface area (Å²) in [6.45, 7) is 2.05. The summed E-state index contributed by atoms with van der Waals surface area (Å²) in [5, 5.41) is 1.16. The maximum Gasteiger partial charge on any atom is 0.149 e. The predicted molar refractivity (Wildman–Crippen MR) is 60.3 cm³/mol. The van der Waals surface area contributed by atoms with Crippen LogP contribution in [0.15, 0.2) is 34.9 Å². The fourth-order valence-corrected chi connectivity index (χ4v) is 1.88. The van der Waals surface area contributed by atoms with E-state index in [1.807, 2.05) is 35.0 Å². The molecule has 72 valence electrons. The Morgan fingerprint density at radius 2 is 2.21 bits per heavy atom. The highest BCUT2D eigenvalue weighted by molar-refractivity contribution is 9.10. The van der Waals surface area contributed by atoms with Crippen molar-refractivity contribution in [2.75, 3.05) is 0 Å². The molecule has 2 nitrogen and oxygen atoms in total. The lowest BCUT2D eigenvalue weighted by molar-refractivity contribution is -0.117. The van der Waals surface area contributed by atoms with Gasteiger partial charge in [-0.05, 0) is 30.5 Å². The van der Waals surface area contributed by atoms with Crippen molar-refractivity contribution in [3.63, 3.8) is 0 Å². The molecule has 2 rings (SSSR count). The van der Waals surface area contributed by atoms with E-state index >= 15 is 0 Å². The standard InChI is InChI=1S/C11H10BrNO/c1-8(14)7-13-5-4-9-2-3-10(12)6-11(9)13/h2-6H,7H2,1H3. The van der Waals surface area contributed by atoms with Gasteiger partial charge in [-0.2, -0.15) is 0 Å². The van der Waals surface area contributed by atoms with E-state index in [-0.39, 0.29) is 5.78 Å². The van der Waals surface area contributed by atoms with Crippen LogP contribution in [0.3, 0.4) is 0 Å². The maximum atomic E-state index is 11.0. The summed E-state index contributed by atoms with van der Waals surface area (Å²) in [5.74, 6) is 0.169. The molecule has 2 aromatic rings. The van der Waals surface area contributed by atoms with Gasteiger partial charge >= 0.3 is 0 Å². The van der Waals surface area contributed by atoms with E-state index in [1.54, 1.807) is 6.92 Å². The maximum absolute atomic E-state index is 11.0. The van der Waals surface area contributed by atoms with Crippen LogP contribution in [0.1, 0.15) is 6.92 Å². The number of benzene rings is 1. The average molecular weight is 252 g/mol. The molecule has 1 heterocycles. The molecular weight excluding hydrogens is 242 g/mol. The summed E-state index contributed by atoms with van der Waals surface area (Å²) < 4.78 is 3.00. The number of ketones is 1. The lowest BCUT2D eigenvalue weighted by Gasteiger charge is -2.01. The van der Waals surface area contributed by atoms with E-state index in [9.17, 15) is 4.79 Å². The second-order valence-electron chi connectivity index (χ2n) is 3.35. The van der Waals surface area contributed by atoms with Crippen LogP contribution < -0.4 is 0 Å². The van der Waals surface area contributed by atoms with Crippen LogP contribution in [-0.2, 0) is 11.3 Å². The molecular formula is C11H10BrNO. The van der Waals surface area contributed by atoms with Crippen molar-refractivity contribution in [3.8, 4) is 0 Å². The van der Waals surface area contributed by atoms with E-state index in [1.165, 1.54) is 0 Å². The minimum Gasteiger partial charge on any atom is -0.340 e. The summed E-state index contributed by atoms with van der Waals surface area (Å²) in [6.07, 6.45) is 1.94. The molecule has 3 heteroatoms. The van der Waals surface area contributed by atoms with Gasteiger partial charge in [0.2, 0.25) is 0 Å². The third kappa shape index (κ3) is 1.73. The Kier molecular flexibility index (Phi) is 2.42. The van der Waals surface area contributed by atoms with Crippen LogP contribution in [-0.4, -0.2) is 10.4 Å². The minimum absolute atomic E-state index is 0.169. The zero-order chi connectivity index (χ0) is 10.1. The number of halogens is 1. The molecule has 0 N–H and O–H groups in total. The number of carbonyl (C=O) groups excluding carboxylic acids is 1. The van der Waals surface area contributed by atoms with Crippen molar-refractivity contribution >= 4 is 32.6 Å². The van der Waals surface area contributed by atoms with Crippen molar-refractivity contribution < 1.29 is 4.79 Å². The van der Waals surface area contributed by atoms with Crippen molar-refractivity contribution in [3.05, 3.63) is 34.9 Å². The Morgan fingerprint density at radius 3 is 2.93 bits per heavy atom.